The molecule has 0 saturated heterocycles. The molecule has 0 N–H and O–H groups in total. The molecule has 0 aliphatic carbocycles. The van der Waals surface area contributed by atoms with Crippen LogP contribution in [0.1, 0.15) is 108 Å². The predicted molar refractivity (Wildman–Crippen MR) is 124 cm³/mol. The van der Waals surface area contributed by atoms with Crippen molar-refractivity contribution in [2.75, 3.05) is 0 Å². The molecule has 0 unspecified atom stereocenters. The van der Waals surface area contributed by atoms with Crippen molar-refractivity contribution < 1.29 is 9.21 Å². The van der Waals surface area contributed by atoms with Crippen LogP contribution in [-0.4, -0.2) is 10.8 Å². The maximum atomic E-state index is 12.2. The highest BCUT2D eigenvalue weighted by molar-refractivity contribution is 7.13. The first-order chi connectivity index (χ1) is 14.3. The summed E-state index contributed by atoms with van der Waals surface area (Å²) in [6, 6.07) is 3.96. The zero-order valence-corrected chi connectivity index (χ0v) is 18.9. The average molecular weight is 416 g/mol. The van der Waals surface area contributed by atoms with Gasteiger partial charge >= 0.3 is 0 Å². The van der Waals surface area contributed by atoms with Crippen LogP contribution in [0.25, 0.3) is 10.6 Å². The third-order valence-electron chi connectivity index (χ3n) is 5.18. The van der Waals surface area contributed by atoms with Crippen LogP contribution in [0.3, 0.4) is 0 Å². The molecule has 0 aromatic carbocycles. The molecule has 3 nitrogen and oxygen atoms in total. The van der Waals surface area contributed by atoms with Crippen LogP contribution in [0.2, 0.25) is 0 Å². The molecule has 4 heteroatoms. The van der Waals surface area contributed by atoms with Crippen LogP contribution in [0.15, 0.2) is 40.3 Å². The Morgan fingerprint density at radius 3 is 2.28 bits per heavy atom. The molecule has 2 aromatic rings. The zero-order valence-electron chi connectivity index (χ0n) is 18.0. The van der Waals surface area contributed by atoms with Crippen LogP contribution in [0, 0.1) is 0 Å². The Morgan fingerprint density at radius 1 is 0.966 bits per heavy atom. The number of thiophene rings is 1. The minimum atomic E-state index is 0.0189. The molecule has 0 saturated carbocycles. The first kappa shape index (κ1) is 23.6. The van der Waals surface area contributed by atoms with Gasteiger partial charge in [-0.15, -0.1) is 11.3 Å². The molecule has 0 radical (unpaired) electrons. The summed E-state index contributed by atoms with van der Waals surface area (Å²) in [7, 11) is 0. The van der Waals surface area contributed by atoms with Crippen molar-refractivity contribution in [2.45, 2.75) is 96.8 Å². The van der Waals surface area contributed by atoms with Gasteiger partial charge in [0.1, 0.15) is 12.0 Å². The van der Waals surface area contributed by atoms with Crippen LogP contribution in [0.4, 0.5) is 0 Å². The van der Waals surface area contributed by atoms with E-state index in [1.807, 2.05) is 17.5 Å². The van der Waals surface area contributed by atoms with Crippen molar-refractivity contribution in [1.29, 1.82) is 0 Å². The van der Waals surface area contributed by atoms with Gasteiger partial charge in [-0.2, -0.15) is 0 Å². The van der Waals surface area contributed by atoms with Gasteiger partial charge in [0.25, 0.3) is 5.89 Å². The second-order valence-corrected chi connectivity index (χ2v) is 8.72. The van der Waals surface area contributed by atoms with E-state index in [4.69, 9.17) is 4.42 Å². The molecule has 0 bridgehead atoms. The number of ketones is 1. The lowest BCUT2D eigenvalue weighted by molar-refractivity contribution is 0.0945. The summed E-state index contributed by atoms with van der Waals surface area (Å²) < 4.78 is 5.36. The maximum Gasteiger partial charge on any atom is 0.263 e. The molecule has 0 spiro atoms. The van der Waals surface area contributed by atoms with Crippen LogP contribution in [0.5, 0.6) is 0 Å². The maximum absolute atomic E-state index is 12.2. The largest absolute Gasteiger partial charge is 0.442 e. The first-order valence-corrected chi connectivity index (χ1v) is 12.4. The number of hydrogen-bond acceptors (Lipinski definition) is 4. The van der Waals surface area contributed by atoms with E-state index in [2.05, 4.69) is 24.1 Å². The number of rotatable bonds is 17. The Hall–Kier alpha value is -1.68. The number of Topliss-reactive ketones (excluding diaryl/α,β-unsaturated/α-hetero) is 1. The summed E-state index contributed by atoms with van der Waals surface area (Å²) in [5, 5.41) is 2.00. The van der Waals surface area contributed by atoms with E-state index < -0.39 is 0 Å². The summed E-state index contributed by atoms with van der Waals surface area (Å²) in [5.41, 5.74) is 0.757. The van der Waals surface area contributed by atoms with E-state index in [0.29, 0.717) is 6.42 Å². The second kappa shape index (κ2) is 15.2. The molecular weight excluding hydrogens is 378 g/mol. The highest BCUT2D eigenvalue weighted by Crippen LogP contribution is 2.24. The lowest BCUT2D eigenvalue weighted by Crippen LogP contribution is -1.99. The van der Waals surface area contributed by atoms with Crippen molar-refractivity contribution in [3.63, 3.8) is 0 Å². The fourth-order valence-corrected chi connectivity index (χ4v) is 4.08. The lowest BCUT2D eigenvalue weighted by atomic mass is 10.1. The average Bonchev–Trinajstić information content (AvgIpc) is 3.42. The Kier molecular flexibility index (Phi) is 12.4. The van der Waals surface area contributed by atoms with Gasteiger partial charge in [0.15, 0.2) is 0 Å². The van der Waals surface area contributed by atoms with Crippen molar-refractivity contribution in [2.24, 2.45) is 0 Å². The molecular formula is C25H37NO2S. The standard InChI is InChI=1S/C25H37NO2S/c1-2-3-4-5-6-7-8-9-10-11-12-13-14-15-16-18-23(27)25-26-22(21-28-25)24-19-17-20-29-24/h9-10,17,19-21H,2-8,11-16,18H2,1H3/b10-9-. The predicted octanol–water partition coefficient (Wildman–Crippen LogP) is 8.62. The molecule has 0 amide bonds. The number of hydrogen-bond donors (Lipinski definition) is 0. The van der Waals surface area contributed by atoms with Crippen LogP contribution in [-0.2, 0) is 0 Å². The van der Waals surface area contributed by atoms with Crippen molar-refractivity contribution >= 4 is 17.1 Å². The molecule has 29 heavy (non-hydrogen) atoms. The number of allylic oxidation sites excluding steroid dienone is 2. The monoisotopic (exact) mass is 415 g/mol. The number of carbonyl (C=O) groups excluding carboxylic acids is 1. The number of unbranched alkanes of at least 4 members (excludes halogenated alkanes) is 11. The molecule has 2 aromatic heterocycles. The summed E-state index contributed by atoms with van der Waals surface area (Å²) in [6.45, 7) is 2.27. The van der Waals surface area contributed by atoms with Crippen molar-refractivity contribution in [3.05, 3.63) is 41.8 Å². The first-order valence-electron chi connectivity index (χ1n) is 11.5. The van der Waals surface area contributed by atoms with Crippen LogP contribution >= 0.6 is 11.3 Å². The fourth-order valence-electron chi connectivity index (χ4n) is 3.40. The van der Waals surface area contributed by atoms with E-state index in [1.165, 1.54) is 70.6 Å². The normalized spacial score (nSPS) is 11.5. The number of oxazole rings is 1. The third-order valence-corrected chi connectivity index (χ3v) is 6.07. The van der Waals surface area contributed by atoms with E-state index >= 15 is 0 Å². The van der Waals surface area contributed by atoms with Gasteiger partial charge < -0.3 is 4.42 Å². The Bertz CT molecular complexity index is 688. The molecule has 2 heterocycles. The van der Waals surface area contributed by atoms with Gasteiger partial charge in [0.2, 0.25) is 5.78 Å². The van der Waals surface area contributed by atoms with Gasteiger partial charge in [-0.1, -0.05) is 76.5 Å². The fraction of sp³-hybridized carbons (Fsp3) is 0.600. The van der Waals surface area contributed by atoms with E-state index in [1.54, 1.807) is 17.6 Å². The molecule has 0 fully saturated rings. The SMILES string of the molecule is CCCCCCCC/C=C\CCCCCCCC(=O)c1nc(-c2cccs2)co1. The highest BCUT2D eigenvalue weighted by atomic mass is 32.1. The van der Waals surface area contributed by atoms with Gasteiger partial charge in [-0.25, -0.2) is 4.98 Å². The second-order valence-electron chi connectivity index (χ2n) is 7.77. The van der Waals surface area contributed by atoms with E-state index in [-0.39, 0.29) is 11.7 Å². The molecule has 0 aliphatic rings. The Morgan fingerprint density at radius 2 is 1.62 bits per heavy atom. The molecule has 2 rings (SSSR count). The minimum absolute atomic E-state index is 0.0189. The minimum Gasteiger partial charge on any atom is -0.442 e. The van der Waals surface area contributed by atoms with Crippen LogP contribution < -0.4 is 0 Å². The topological polar surface area (TPSA) is 43.1 Å². The van der Waals surface area contributed by atoms with Gasteiger partial charge in [-0.05, 0) is 43.6 Å². The summed E-state index contributed by atoms with van der Waals surface area (Å²) in [4.78, 5) is 17.6. The molecule has 0 atom stereocenters. The zero-order chi connectivity index (χ0) is 20.6. The van der Waals surface area contributed by atoms with Crippen molar-refractivity contribution in [1.82, 2.24) is 4.98 Å². The lowest BCUT2D eigenvalue weighted by Gasteiger charge is -2.00. The summed E-state index contributed by atoms with van der Waals surface area (Å²) >= 11 is 1.60. The highest BCUT2D eigenvalue weighted by Gasteiger charge is 2.14. The molecule has 0 aliphatic heterocycles. The van der Waals surface area contributed by atoms with Gasteiger partial charge in [-0.3, -0.25) is 4.79 Å². The molecule has 160 valence electrons. The smallest absolute Gasteiger partial charge is 0.263 e. The van der Waals surface area contributed by atoms with E-state index in [9.17, 15) is 4.79 Å². The number of nitrogens with zero attached hydrogens (tertiary/aromatic N) is 1. The number of aromatic nitrogens is 1. The quantitative estimate of drug-likeness (QED) is 0.147. The summed E-state index contributed by atoms with van der Waals surface area (Å²) in [6.07, 6.45) is 23.2. The Balaban J connectivity index is 1.42. The van der Waals surface area contributed by atoms with Crippen molar-refractivity contribution in [3.8, 4) is 10.6 Å². The van der Waals surface area contributed by atoms with Gasteiger partial charge in [0.05, 0.1) is 4.88 Å². The number of carbonyl (C=O) groups is 1. The third kappa shape index (κ3) is 10.1. The van der Waals surface area contributed by atoms with Gasteiger partial charge in [0, 0.05) is 6.42 Å². The Labute approximate surface area is 180 Å². The summed E-state index contributed by atoms with van der Waals surface area (Å²) in [5.74, 6) is 0.273. The van der Waals surface area contributed by atoms with E-state index in [0.717, 1.165) is 23.4 Å².